The summed E-state index contributed by atoms with van der Waals surface area (Å²) >= 11 is 0. The normalized spacial score (nSPS) is 10.9. The molecule has 0 aliphatic carbocycles. The molecule has 0 amide bonds. The van der Waals surface area contributed by atoms with E-state index < -0.39 is 0 Å². The molecule has 0 aliphatic rings. The largest absolute Gasteiger partial charge is 0.396 e. The minimum Gasteiger partial charge on any atom is -0.396 e. The molecule has 0 aliphatic heterocycles. The van der Waals surface area contributed by atoms with Crippen LogP contribution in [-0.2, 0) is 0 Å². The molecule has 3 aromatic heterocycles. The number of pyridine rings is 3. The highest BCUT2D eigenvalue weighted by Crippen LogP contribution is 2.26. The highest BCUT2D eigenvalue weighted by molar-refractivity contribution is 5.76. The third-order valence-electron chi connectivity index (χ3n) is 4.23. The van der Waals surface area contributed by atoms with Gasteiger partial charge in [-0.1, -0.05) is 24.3 Å². The Labute approximate surface area is 163 Å². The number of hydrogen-bond donors (Lipinski definition) is 2. The van der Waals surface area contributed by atoms with Crippen molar-refractivity contribution in [3.05, 3.63) is 96.7 Å². The highest BCUT2D eigenvalue weighted by atomic mass is 15.0. The van der Waals surface area contributed by atoms with Gasteiger partial charge in [-0.3, -0.25) is 9.97 Å². The van der Waals surface area contributed by atoms with E-state index >= 15 is 0 Å². The fourth-order valence-electron chi connectivity index (χ4n) is 2.81. The van der Waals surface area contributed by atoms with Gasteiger partial charge in [0, 0.05) is 42.2 Å². The van der Waals surface area contributed by atoms with Gasteiger partial charge in [0.2, 0.25) is 0 Å². The van der Waals surface area contributed by atoms with Crippen LogP contribution in [0.5, 0.6) is 0 Å². The Morgan fingerprint density at radius 2 is 1.61 bits per heavy atom. The van der Waals surface area contributed by atoms with E-state index in [2.05, 4.69) is 38.5 Å². The lowest BCUT2D eigenvalue weighted by Crippen LogP contribution is -1.98. The first kappa shape index (κ1) is 17.4. The molecule has 3 heterocycles. The summed E-state index contributed by atoms with van der Waals surface area (Å²) in [5, 5.41) is 3.27. The van der Waals surface area contributed by atoms with Crippen molar-refractivity contribution in [2.45, 2.75) is 0 Å². The first-order chi connectivity index (χ1) is 13.8. The molecule has 0 fully saturated rings. The van der Waals surface area contributed by atoms with Crippen LogP contribution < -0.4 is 11.1 Å². The zero-order valence-corrected chi connectivity index (χ0v) is 15.2. The molecule has 3 N–H and O–H groups in total. The molecule has 0 saturated carbocycles. The van der Waals surface area contributed by atoms with Gasteiger partial charge in [-0.15, -0.1) is 0 Å². The number of nitrogens with one attached hydrogen (secondary N) is 1. The lowest BCUT2D eigenvalue weighted by atomic mass is 10.0. The van der Waals surface area contributed by atoms with Gasteiger partial charge in [-0.2, -0.15) is 0 Å². The molecule has 0 spiro atoms. The average Bonchev–Trinajstić information content (AvgIpc) is 2.75. The predicted molar refractivity (Wildman–Crippen MR) is 115 cm³/mol. The fourth-order valence-corrected chi connectivity index (χ4v) is 2.81. The SMILES string of the molecule is Nc1cccnc1Nc1cccc(-c2cncc(C=Cc3ccncc3)c2)c1. The number of nitrogens with two attached hydrogens (primary N) is 1. The molecule has 0 radical (unpaired) electrons. The molecule has 4 rings (SSSR count). The molecule has 5 heteroatoms. The van der Waals surface area contributed by atoms with E-state index in [1.807, 2.05) is 60.9 Å². The van der Waals surface area contributed by atoms with Crippen molar-refractivity contribution in [3.8, 4) is 11.1 Å². The summed E-state index contributed by atoms with van der Waals surface area (Å²) in [5.74, 6) is 0.645. The summed E-state index contributed by atoms with van der Waals surface area (Å²) in [6.07, 6.45) is 13.1. The zero-order valence-electron chi connectivity index (χ0n) is 15.2. The Bertz CT molecular complexity index is 1110. The quantitative estimate of drug-likeness (QED) is 0.518. The van der Waals surface area contributed by atoms with Gasteiger partial charge in [-0.05, 0) is 59.2 Å². The minimum atomic E-state index is 0.609. The van der Waals surface area contributed by atoms with Crippen LogP contribution in [0.4, 0.5) is 17.2 Å². The number of anilines is 3. The molecular formula is C23H19N5. The van der Waals surface area contributed by atoms with Gasteiger partial charge in [0.25, 0.3) is 0 Å². The number of aromatic nitrogens is 3. The summed E-state index contributed by atoms with van der Waals surface area (Å²) in [5.41, 5.74) is 11.7. The first-order valence-electron chi connectivity index (χ1n) is 8.89. The molecule has 0 bridgehead atoms. The number of nitrogen functional groups attached to an aromatic ring is 1. The fraction of sp³-hybridized carbons (Fsp3) is 0. The lowest BCUT2D eigenvalue weighted by molar-refractivity contribution is 1.31. The predicted octanol–water partition coefficient (Wildman–Crippen LogP) is 5.03. The van der Waals surface area contributed by atoms with Crippen molar-refractivity contribution in [2.75, 3.05) is 11.1 Å². The van der Waals surface area contributed by atoms with Gasteiger partial charge in [0.1, 0.15) is 0 Å². The standard InChI is InChI=1S/C23H19N5/c24-22-5-2-10-27-23(22)28-21-4-1-3-19(14-21)20-13-18(15-26-16-20)7-6-17-8-11-25-12-9-17/h1-16H,24H2,(H,27,28). The lowest BCUT2D eigenvalue weighted by Gasteiger charge is -2.10. The minimum absolute atomic E-state index is 0.609. The van der Waals surface area contributed by atoms with Crippen molar-refractivity contribution in [1.29, 1.82) is 0 Å². The van der Waals surface area contributed by atoms with Crippen LogP contribution in [0.2, 0.25) is 0 Å². The van der Waals surface area contributed by atoms with Crippen molar-refractivity contribution in [2.24, 2.45) is 0 Å². The second-order valence-electron chi connectivity index (χ2n) is 6.27. The van der Waals surface area contributed by atoms with Gasteiger partial charge in [0.15, 0.2) is 5.82 Å². The van der Waals surface area contributed by atoms with Gasteiger partial charge in [-0.25, -0.2) is 4.98 Å². The van der Waals surface area contributed by atoms with Crippen LogP contribution >= 0.6 is 0 Å². The Morgan fingerprint density at radius 3 is 2.46 bits per heavy atom. The maximum atomic E-state index is 5.97. The Kier molecular flexibility index (Phi) is 5.06. The molecular weight excluding hydrogens is 346 g/mol. The smallest absolute Gasteiger partial charge is 0.153 e. The van der Waals surface area contributed by atoms with E-state index in [-0.39, 0.29) is 0 Å². The van der Waals surface area contributed by atoms with Crippen LogP contribution in [0.25, 0.3) is 23.3 Å². The van der Waals surface area contributed by atoms with Crippen LogP contribution in [-0.4, -0.2) is 15.0 Å². The third kappa shape index (κ3) is 4.22. The molecule has 136 valence electrons. The van der Waals surface area contributed by atoms with E-state index in [0.717, 1.165) is 27.9 Å². The molecule has 0 unspecified atom stereocenters. The molecule has 1 aromatic carbocycles. The van der Waals surface area contributed by atoms with Crippen LogP contribution in [0.15, 0.2) is 85.6 Å². The maximum absolute atomic E-state index is 5.97. The Morgan fingerprint density at radius 1 is 0.750 bits per heavy atom. The first-order valence-corrected chi connectivity index (χ1v) is 8.89. The van der Waals surface area contributed by atoms with Gasteiger partial charge in [0.05, 0.1) is 5.69 Å². The van der Waals surface area contributed by atoms with E-state index in [1.165, 1.54) is 0 Å². The molecule has 28 heavy (non-hydrogen) atoms. The topological polar surface area (TPSA) is 76.7 Å². The van der Waals surface area contributed by atoms with Crippen LogP contribution in [0.3, 0.4) is 0 Å². The molecule has 5 nitrogen and oxygen atoms in total. The Balaban J connectivity index is 1.58. The monoisotopic (exact) mass is 365 g/mol. The third-order valence-corrected chi connectivity index (χ3v) is 4.23. The van der Waals surface area contributed by atoms with Crippen molar-refractivity contribution >= 4 is 29.3 Å². The maximum Gasteiger partial charge on any atom is 0.153 e. The van der Waals surface area contributed by atoms with Crippen molar-refractivity contribution in [3.63, 3.8) is 0 Å². The number of hydrogen-bond acceptors (Lipinski definition) is 5. The number of nitrogens with zero attached hydrogens (tertiary/aromatic N) is 3. The summed E-state index contributed by atoms with van der Waals surface area (Å²) in [4.78, 5) is 12.7. The second kappa shape index (κ2) is 8.14. The van der Waals surface area contributed by atoms with Crippen molar-refractivity contribution in [1.82, 2.24) is 15.0 Å². The average molecular weight is 365 g/mol. The summed E-state index contributed by atoms with van der Waals surface area (Å²) in [7, 11) is 0. The molecule has 0 atom stereocenters. The summed E-state index contributed by atoms with van der Waals surface area (Å²) in [6.45, 7) is 0. The second-order valence-corrected chi connectivity index (χ2v) is 6.27. The Hall–Kier alpha value is -3.99. The molecule has 0 saturated heterocycles. The van der Waals surface area contributed by atoms with E-state index in [9.17, 15) is 0 Å². The van der Waals surface area contributed by atoms with E-state index in [4.69, 9.17) is 5.73 Å². The number of rotatable bonds is 5. The van der Waals surface area contributed by atoms with Gasteiger partial charge >= 0.3 is 0 Å². The zero-order chi connectivity index (χ0) is 19.2. The summed E-state index contributed by atoms with van der Waals surface area (Å²) < 4.78 is 0. The molecule has 4 aromatic rings. The van der Waals surface area contributed by atoms with E-state index in [1.54, 1.807) is 18.6 Å². The van der Waals surface area contributed by atoms with Crippen molar-refractivity contribution < 1.29 is 0 Å². The van der Waals surface area contributed by atoms with Crippen LogP contribution in [0, 0.1) is 0 Å². The summed E-state index contributed by atoms with van der Waals surface area (Å²) in [6, 6.07) is 17.8. The number of benzene rings is 1. The van der Waals surface area contributed by atoms with Gasteiger partial charge < -0.3 is 11.1 Å². The highest BCUT2D eigenvalue weighted by Gasteiger charge is 2.04. The van der Waals surface area contributed by atoms with Crippen LogP contribution in [0.1, 0.15) is 11.1 Å². The van der Waals surface area contributed by atoms with E-state index in [0.29, 0.717) is 11.5 Å².